The Hall–Kier alpha value is -0.940. The standard InChI is InChI=1S/C24H42N4/c1-14(2)21-25(10)24(26(21)11)27(12)22(28(24)13)23(8,9)20-18(6)16(4)15(3)17(5)19(20)7/h14,21-22H,1-13H3. The van der Waals surface area contributed by atoms with Gasteiger partial charge < -0.3 is 0 Å². The Morgan fingerprint density at radius 1 is 0.679 bits per heavy atom. The van der Waals surface area contributed by atoms with E-state index in [-0.39, 0.29) is 11.3 Å². The molecule has 0 aromatic heterocycles. The lowest BCUT2D eigenvalue weighted by atomic mass is 9.71. The van der Waals surface area contributed by atoms with Crippen molar-refractivity contribution in [1.29, 1.82) is 0 Å². The van der Waals surface area contributed by atoms with Crippen molar-refractivity contribution >= 4 is 0 Å². The van der Waals surface area contributed by atoms with E-state index >= 15 is 0 Å². The Bertz CT molecular complexity index is 743. The molecule has 0 radical (unpaired) electrons. The molecule has 1 spiro atoms. The molecular weight excluding hydrogens is 344 g/mol. The second-order valence-corrected chi connectivity index (χ2v) is 10.3. The molecule has 0 aliphatic carbocycles. The summed E-state index contributed by atoms with van der Waals surface area (Å²) in [4.78, 5) is 10.2. The Balaban J connectivity index is 2.03. The minimum Gasteiger partial charge on any atom is -0.246 e. The van der Waals surface area contributed by atoms with Crippen molar-refractivity contribution in [3.8, 4) is 0 Å². The summed E-state index contributed by atoms with van der Waals surface area (Å²) >= 11 is 0. The average Bonchev–Trinajstić information content (AvgIpc) is 2.57. The Labute approximate surface area is 173 Å². The molecule has 28 heavy (non-hydrogen) atoms. The molecule has 158 valence electrons. The third-order valence-electron chi connectivity index (χ3n) is 8.31. The summed E-state index contributed by atoms with van der Waals surface area (Å²) in [6.45, 7) is 21.0. The second-order valence-electron chi connectivity index (χ2n) is 10.3. The largest absolute Gasteiger partial charge is 0.246 e. The van der Waals surface area contributed by atoms with E-state index in [1.807, 2.05) is 0 Å². The van der Waals surface area contributed by atoms with Crippen LogP contribution in [0.1, 0.15) is 61.1 Å². The van der Waals surface area contributed by atoms with E-state index in [2.05, 4.69) is 110 Å². The molecule has 2 saturated heterocycles. The molecule has 1 aromatic rings. The van der Waals surface area contributed by atoms with Crippen LogP contribution < -0.4 is 0 Å². The highest BCUT2D eigenvalue weighted by Gasteiger charge is 2.71. The fourth-order valence-corrected chi connectivity index (χ4v) is 7.04. The van der Waals surface area contributed by atoms with Gasteiger partial charge >= 0.3 is 0 Å². The van der Waals surface area contributed by atoms with Gasteiger partial charge in [0.2, 0.25) is 0 Å². The van der Waals surface area contributed by atoms with Gasteiger partial charge in [0.15, 0.2) is 5.91 Å². The van der Waals surface area contributed by atoms with E-state index in [4.69, 9.17) is 0 Å². The maximum atomic E-state index is 2.58. The SMILES string of the molecule is Cc1c(C)c(C)c(C(C)(C)C2N(C)C3(N(C)C(C(C)C)N3C)N2C)c(C)c1C. The van der Waals surface area contributed by atoms with Gasteiger partial charge in [-0.25, -0.2) is 19.6 Å². The number of nitrogens with zero attached hydrogens (tertiary/aromatic N) is 4. The van der Waals surface area contributed by atoms with Crippen LogP contribution in [0.25, 0.3) is 0 Å². The lowest BCUT2D eigenvalue weighted by molar-refractivity contribution is -0.458. The zero-order valence-electron chi connectivity index (χ0n) is 20.5. The predicted octanol–water partition coefficient (Wildman–Crippen LogP) is 4.18. The number of rotatable bonds is 3. The molecule has 1 aromatic carbocycles. The minimum atomic E-state index is -0.104. The van der Waals surface area contributed by atoms with Crippen LogP contribution in [0.4, 0.5) is 0 Å². The number of hydrogen-bond donors (Lipinski definition) is 0. The summed E-state index contributed by atoms with van der Waals surface area (Å²) in [5, 5.41) is 0. The summed E-state index contributed by atoms with van der Waals surface area (Å²) in [6, 6.07) is 0. The third kappa shape index (κ3) is 2.32. The molecule has 0 atom stereocenters. The van der Waals surface area contributed by atoms with Crippen LogP contribution in [0.5, 0.6) is 0 Å². The van der Waals surface area contributed by atoms with E-state index in [0.717, 1.165) is 0 Å². The van der Waals surface area contributed by atoms with Gasteiger partial charge in [0, 0.05) is 5.41 Å². The first kappa shape index (κ1) is 21.8. The second kappa shape index (κ2) is 6.53. The molecule has 4 heteroatoms. The van der Waals surface area contributed by atoms with Crippen molar-refractivity contribution in [3.05, 3.63) is 33.4 Å². The zero-order valence-corrected chi connectivity index (χ0v) is 20.5. The lowest BCUT2D eigenvalue weighted by Gasteiger charge is -2.80. The van der Waals surface area contributed by atoms with Crippen molar-refractivity contribution in [2.75, 3.05) is 28.2 Å². The number of hydrogen-bond acceptors (Lipinski definition) is 4. The average molecular weight is 387 g/mol. The zero-order chi connectivity index (χ0) is 21.5. The maximum Gasteiger partial charge on any atom is 0.195 e. The molecule has 0 saturated carbocycles. The van der Waals surface area contributed by atoms with E-state index in [9.17, 15) is 0 Å². The number of benzene rings is 1. The van der Waals surface area contributed by atoms with Gasteiger partial charge in [-0.3, -0.25) is 0 Å². The van der Waals surface area contributed by atoms with Gasteiger partial charge in [0.05, 0.1) is 12.3 Å². The van der Waals surface area contributed by atoms with Crippen molar-refractivity contribution in [2.45, 2.75) is 86.0 Å². The van der Waals surface area contributed by atoms with Crippen molar-refractivity contribution in [2.24, 2.45) is 5.92 Å². The van der Waals surface area contributed by atoms with Crippen molar-refractivity contribution in [1.82, 2.24) is 19.6 Å². The molecular formula is C24H42N4. The molecule has 3 rings (SSSR count). The molecule has 2 aliphatic heterocycles. The van der Waals surface area contributed by atoms with E-state index in [1.54, 1.807) is 0 Å². The van der Waals surface area contributed by atoms with E-state index in [1.165, 1.54) is 33.4 Å². The van der Waals surface area contributed by atoms with Gasteiger partial charge in [-0.15, -0.1) is 0 Å². The van der Waals surface area contributed by atoms with Crippen LogP contribution in [-0.2, 0) is 5.41 Å². The monoisotopic (exact) mass is 386 g/mol. The van der Waals surface area contributed by atoms with Gasteiger partial charge in [-0.05, 0) is 102 Å². The van der Waals surface area contributed by atoms with Crippen LogP contribution >= 0.6 is 0 Å². The summed E-state index contributed by atoms with van der Waals surface area (Å²) in [6.07, 6.45) is 0.839. The quantitative estimate of drug-likeness (QED) is 0.772. The van der Waals surface area contributed by atoms with E-state index in [0.29, 0.717) is 18.2 Å². The maximum absolute atomic E-state index is 2.58. The molecule has 4 nitrogen and oxygen atoms in total. The highest BCUT2D eigenvalue weighted by atomic mass is 15.9. The summed E-state index contributed by atoms with van der Waals surface area (Å²) < 4.78 is 0. The smallest absolute Gasteiger partial charge is 0.195 e. The van der Waals surface area contributed by atoms with Crippen molar-refractivity contribution < 1.29 is 0 Å². The molecule has 0 unspecified atom stereocenters. The highest BCUT2D eigenvalue weighted by molar-refractivity contribution is 5.53. The minimum absolute atomic E-state index is 0.0245. The van der Waals surface area contributed by atoms with Crippen LogP contribution in [0.15, 0.2) is 0 Å². The highest BCUT2D eigenvalue weighted by Crippen LogP contribution is 2.54. The molecule has 0 amide bonds. The molecule has 2 aliphatic rings. The van der Waals surface area contributed by atoms with Gasteiger partial charge in [0.1, 0.15) is 0 Å². The first-order valence-corrected chi connectivity index (χ1v) is 10.7. The third-order valence-corrected chi connectivity index (χ3v) is 8.31. The lowest BCUT2D eigenvalue weighted by Crippen LogP contribution is -2.98. The molecule has 0 bridgehead atoms. The molecule has 0 N–H and O–H groups in total. The van der Waals surface area contributed by atoms with E-state index < -0.39 is 0 Å². The van der Waals surface area contributed by atoms with Crippen LogP contribution in [0.3, 0.4) is 0 Å². The molecule has 2 heterocycles. The van der Waals surface area contributed by atoms with Crippen LogP contribution in [0, 0.1) is 40.5 Å². The normalized spacial score (nSPS) is 30.2. The topological polar surface area (TPSA) is 13.0 Å². The first-order valence-electron chi connectivity index (χ1n) is 10.7. The van der Waals surface area contributed by atoms with Gasteiger partial charge in [-0.2, -0.15) is 0 Å². The Morgan fingerprint density at radius 2 is 1.04 bits per heavy atom. The predicted molar refractivity (Wildman–Crippen MR) is 119 cm³/mol. The fraction of sp³-hybridized carbons (Fsp3) is 0.750. The summed E-state index contributed by atoms with van der Waals surface area (Å²) in [5.74, 6) is 0.509. The van der Waals surface area contributed by atoms with Gasteiger partial charge in [-0.1, -0.05) is 27.7 Å². The Morgan fingerprint density at radius 3 is 1.39 bits per heavy atom. The number of likely N-dealkylation sites (N-methyl/N-ethyl adjacent to an activating group) is 2. The van der Waals surface area contributed by atoms with Crippen LogP contribution in [0.2, 0.25) is 0 Å². The molecule has 2 fully saturated rings. The van der Waals surface area contributed by atoms with Crippen LogP contribution in [-0.4, -0.2) is 66.0 Å². The first-order chi connectivity index (χ1) is 12.7. The summed E-state index contributed by atoms with van der Waals surface area (Å²) in [5.41, 5.74) is 8.81. The summed E-state index contributed by atoms with van der Waals surface area (Å²) in [7, 11) is 9.15. The van der Waals surface area contributed by atoms with Gasteiger partial charge in [0.25, 0.3) is 0 Å². The van der Waals surface area contributed by atoms with Crippen molar-refractivity contribution in [3.63, 3.8) is 0 Å². The fourth-order valence-electron chi connectivity index (χ4n) is 7.04. The Kier molecular flexibility index (Phi) is 5.08.